The lowest BCUT2D eigenvalue weighted by Gasteiger charge is -2.27. The molecular formula is C32H33N5O5. The summed E-state index contributed by atoms with van der Waals surface area (Å²) in [5, 5.41) is 32.2. The number of hydrogen-bond acceptors (Lipinski definition) is 7. The quantitative estimate of drug-likeness (QED) is 0.231. The Balaban J connectivity index is 1.41. The van der Waals surface area contributed by atoms with Crippen molar-refractivity contribution in [2.24, 2.45) is 5.92 Å². The summed E-state index contributed by atoms with van der Waals surface area (Å²) in [5.74, 6) is -0.743. The van der Waals surface area contributed by atoms with E-state index in [4.69, 9.17) is 9.84 Å². The molecule has 10 heteroatoms. The predicted octanol–water partition coefficient (Wildman–Crippen LogP) is 4.22. The van der Waals surface area contributed by atoms with Gasteiger partial charge in [0.15, 0.2) is 5.60 Å². The van der Waals surface area contributed by atoms with Crippen molar-refractivity contribution >= 4 is 28.9 Å². The number of benzene rings is 3. The van der Waals surface area contributed by atoms with Gasteiger partial charge in [0.1, 0.15) is 5.75 Å². The summed E-state index contributed by atoms with van der Waals surface area (Å²) in [7, 11) is 1.56. The van der Waals surface area contributed by atoms with Gasteiger partial charge in [-0.2, -0.15) is 0 Å². The van der Waals surface area contributed by atoms with Crippen LogP contribution in [0.2, 0.25) is 0 Å². The average molecular weight is 568 g/mol. The van der Waals surface area contributed by atoms with E-state index in [1.165, 1.54) is 4.90 Å². The molecule has 0 radical (unpaired) electrons. The number of aliphatic hydroxyl groups is 2. The number of nitrogens with zero attached hydrogens (tertiary/aromatic N) is 4. The van der Waals surface area contributed by atoms with Crippen molar-refractivity contribution in [1.82, 2.24) is 15.0 Å². The number of aryl methyl sites for hydroxylation is 1. The topological polar surface area (TPSA) is 130 Å². The van der Waals surface area contributed by atoms with Crippen molar-refractivity contribution in [2.45, 2.75) is 31.9 Å². The lowest BCUT2D eigenvalue weighted by molar-refractivity contribution is -0.138. The first-order chi connectivity index (χ1) is 20.3. The summed E-state index contributed by atoms with van der Waals surface area (Å²) >= 11 is 0. The second-order valence-corrected chi connectivity index (χ2v) is 10.1. The highest BCUT2D eigenvalue weighted by atomic mass is 16.5. The second-order valence-electron chi connectivity index (χ2n) is 10.1. The molecule has 10 nitrogen and oxygen atoms in total. The van der Waals surface area contributed by atoms with Crippen molar-refractivity contribution < 1.29 is 24.5 Å². The number of fused-ring (bicyclic) bond motifs is 1. The van der Waals surface area contributed by atoms with Crippen LogP contribution in [0.5, 0.6) is 5.75 Å². The highest BCUT2D eigenvalue weighted by Crippen LogP contribution is 2.49. The zero-order valence-electron chi connectivity index (χ0n) is 23.5. The molecule has 1 aliphatic rings. The van der Waals surface area contributed by atoms with E-state index in [2.05, 4.69) is 15.6 Å². The zero-order chi connectivity index (χ0) is 29.7. The highest BCUT2D eigenvalue weighted by molar-refractivity contribution is 6.13. The van der Waals surface area contributed by atoms with E-state index < -0.39 is 17.4 Å². The Labute approximate surface area is 243 Å². The van der Waals surface area contributed by atoms with E-state index in [-0.39, 0.29) is 12.5 Å². The molecule has 0 unspecified atom stereocenters. The molecule has 0 aliphatic carbocycles. The first-order valence-electron chi connectivity index (χ1n) is 13.7. The number of amides is 2. The molecule has 3 aromatic carbocycles. The summed E-state index contributed by atoms with van der Waals surface area (Å²) in [6.45, 7) is 2.36. The number of nitrogens with one attached hydrogen (secondary N) is 1. The molecule has 0 spiro atoms. The fourth-order valence-corrected chi connectivity index (χ4v) is 5.05. The van der Waals surface area contributed by atoms with Gasteiger partial charge in [0, 0.05) is 54.2 Å². The third-order valence-corrected chi connectivity index (χ3v) is 7.36. The Kier molecular flexibility index (Phi) is 8.46. The standard InChI is InChI=1S/C32H33N5O5/c1-22(8-6-7-18-36-21-25(17-19-38)34-35-36)32(41)28-20-24(33-30(39)23-11-14-27(42-2)15-12-23)13-16-29(28)37(31(32)40)26-9-4-3-5-10-26/h3-6,8-16,20-22,38,41H,7,17-19H2,1-2H3,(H,33,39)/b8-6+/t22-,32+/m0/s1. The van der Waals surface area contributed by atoms with Crippen molar-refractivity contribution in [3.63, 3.8) is 0 Å². The van der Waals surface area contributed by atoms with Gasteiger partial charge < -0.3 is 20.3 Å². The summed E-state index contributed by atoms with van der Waals surface area (Å²) in [6, 6.07) is 21.0. The molecule has 0 fully saturated rings. The largest absolute Gasteiger partial charge is 0.497 e. The van der Waals surface area contributed by atoms with Crippen molar-refractivity contribution in [1.29, 1.82) is 0 Å². The van der Waals surface area contributed by atoms with Gasteiger partial charge in [-0.25, -0.2) is 0 Å². The molecule has 1 aliphatic heterocycles. The van der Waals surface area contributed by atoms with Crippen molar-refractivity contribution in [3.8, 4) is 5.75 Å². The first kappa shape index (κ1) is 28.7. The lowest BCUT2D eigenvalue weighted by atomic mass is 9.82. The fraction of sp³-hybridized carbons (Fsp3) is 0.250. The number of carbonyl (C=O) groups is 2. The molecule has 3 N–H and O–H groups in total. The van der Waals surface area contributed by atoms with Gasteiger partial charge in [0.2, 0.25) is 0 Å². The maximum Gasteiger partial charge on any atom is 0.268 e. The number of anilines is 3. The molecule has 2 heterocycles. The van der Waals surface area contributed by atoms with Crippen LogP contribution in [0.15, 0.2) is 91.1 Å². The maximum absolute atomic E-state index is 14.0. The minimum atomic E-state index is -1.87. The van der Waals surface area contributed by atoms with Crippen LogP contribution in [0.4, 0.5) is 17.1 Å². The molecule has 216 valence electrons. The van der Waals surface area contributed by atoms with Gasteiger partial charge in [0.05, 0.1) is 18.5 Å². The number of ether oxygens (including phenoxy) is 1. The number of aliphatic hydroxyl groups excluding tert-OH is 1. The van der Waals surface area contributed by atoms with Crippen LogP contribution >= 0.6 is 0 Å². The maximum atomic E-state index is 14.0. The van der Waals surface area contributed by atoms with E-state index in [0.717, 1.165) is 0 Å². The molecule has 2 atom stereocenters. The number of aromatic nitrogens is 3. The van der Waals surface area contributed by atoms with Crippen LogP contribution < -0.4 is 15.0 Å². The van der Waals surface area contributed by atoms with Crippen molar-refractivity contribution in [2.75, 3.05) is 23.9 Å². The number of methoxy groups -OCH3 is 1. The van der Waals surface area contributed by atoms with Gasteiger partial charge in [0.25, 0.3) is 11.8 Å². The Bertz CT molecular complexity index is 1580. The predicted molar refractivity (Wildman–Crippen MR) is 159 cm³/mol. The molecule has 42 heavy (non-hydrogen) atoms. The zero-order valence-corrected chi connectivity index (χ0v) is 23.5. The summed E-state index contributed by atoms with van der Waals surface area (Å²) < 4.78 is 6.86. The molecule has 0 saturated carbocycles. The Hall–Kier alpha value is -4.80. The normalized spacial score (nSPS) is 17.0. The SMILES string of the molecule is COc1ccc(C(=O)Nc2ccc3c(c2)[C@](O)([C@@H](C)/C=C/CCn2cc(CCO)nn2)C(=O)N3c2ccccc2)cc1. The summed E-state index contributed by atoms with van der Waals surface area (Å²) in [4.78, 5) is 28.4. The Morgan fingerprint density at radius 2 is 1.88 bits per heavy atom. The first-order valence-corrected chi connectivity index (χ1v) is 13.7. The number of rotatable bonds is 11. The monoisotopic (exact) mass is 567 g/mol. The minimum Gasteiger partial charge on any atom is -0.497 e. The minimum absolute atomic E-state index is 0.0110. The number of allylic oxidation sites excluding steroid dienone is 1. The third kappa shape index (κ3) is 5.67. The third-order valence-electron chi connectivity index (χ3n) is 7.36. The van der Waals surface area contributed by atoms with Gasteiger partial charge in [-0.05, 0) is 61.0 Å². The van der Waals surface area contributed by atoms with E-state index in [0.29, 0.717) is 59.0 Å². The van der Waals surface area contributed by atoms with Gasteiger partial charge in [-0.1, -0.05) is 42.5 Å². The molecule has 1 aromatic heterocycles. The van der Waals surface area contributed by atoms with E-state index in [1.54, 1.807) is 67.4 Å². The molecule has 2 amide bonds. The van der Waals surface area contributed by atoms with Gasteiger partial charge in [-0.3, -0.25) is 19.2 Å². The van der Waals surface area contributed by atoms with Crippen LogP contribution in [-0.2, 0) is 23.4 Å². The molecule has 5 rings (SSSR count). The van der Waals surface area contributed by atoms with Crippen molar-refractivity contribution in [3.05, 3.63) is 108 Å². The average Bonchev–Trinajstić information content (AvgIpc) is 3.55. The van der Waals surface area contributed by atoms with Gasteiger partial charge in [-0.15, -0.1) is 5.10 Å². The van der Waals surface area contributed by atoms with E-state index >= 15 is 0 Å². The molecular weight excluding hydrogens is 534 g/mol. The number of carbonyl (C=O) groups excluding carboxylic acids is 2. The smallest absolute Gasteiger partial charge is 0.268 e. The fourth-order valence-electron chi connectivity index (χ4n) is 5.05. The number of hydrogen-bond donors (Lipinski definition) is 3. The van der Waals surface area contributed by atoms with Crippen LogP contribution in [0.3, 0.4) is 0 Å². The van der Waals surface area contributed by atoms with Crippen LogP contribution in [0.25, 0.3) is 0 Å². The Morgan fingerprint density at radius 3 is 2.60 bits per heavy atom. The number of para-hydroxylation sites is 1. The van der Waals surface area contributed by atoms with Crippen LogP contribution in [-0.4, -0.2) is 50.7 Å². The Morgan fingerprint density at radius 1 is 1.12 bits per heavy atom. The lowest BCUT2D eigenvalue weighted by Crippen LogP contribution is -2.42. The summed E-state index contributed by atoms with van der Waals surface area (Å²) in [6.07, 6.45) is 6.57. The second kappa shape index (κ2) is 12.4. The van der Waals surface area contributed by atoms with Gasteiger partial charge >= 0.3 is 0 Å². The van der Waals surface area contributed by atoms with E-state index in [1.807, 2.05) is 42.5 Å². The van der Waals surface area contributed by atoms with E-state index in [9.17, 15) is 14.7 Å². The summed E-state index contributed by atoms with van der Waals surface area (Å²) in [5.41, 5.74) is 1.34. The van der Waals surface area contributed by atoms with Crippen LogP contribution in [0, 0.1) is 5.92 Å². The molecule has 4 aromatic rings. The molecule has 0 saturated heterocycles. The van der Waals surface area contributed by atoms with Crippen LogP contribution in [0.1, 0.15) is 35.0 Å². The molecule has 0 bridgehead atoms. The highest BCUT2D eigenvalue weighted by Gasteiger charge is 2.53.